The third-order valence-electron chi connectivity index (χ3n) is 5.44. The molecule has 7 nitrogen and oxygen atoms in total. The van der Waals surface area contributed by atoms with Crippen LogP contribution in [0.15, 0.2) is 36.4 Å². The number of amides is 3. The van der Waals surface area contributed by atoms with Gasteiger partial charge in [-0.3, -0.25) is 14.4 Å². The van der Waals surface area contributed by atoms with E-state index >= 15 is 0 Å². The molecule has 1 atom stereocenters. The van der Waals surface area contributed by atoms with E-state index < -0.39 is 23.2 Å². The summed E-state index contributed by atoms with van der Waals surface area (Å²) < 4.78 is 14.0. The van der Waals surface area contributed by atoms with Crippen molar-refractivity contribution in [3.63, 3.8) is 0 Å². The van der Waals surface area contributed by atoms with E-state index in [-0.39, 0.29) is 36.0 Å². The molecule has 0 aromatic heterocycles. The highest BCUT2D eigenvalue weighted by Crippen LogP contribution is 2.33. The molecule has 0 radical (unpaired) electrons. The predicted octanol–water partition coefficient (Wildman–Crippen LogP) is 2.15. The first-order valence-corrected chi connectivity index (χ1v) is 9.86. The molecule has 3 amide bonds. The van der Waals surface area contributed by atoms with Gasteiger partial charge >= 0.3 is 0 Å². The standard InChI is InChI=1S/C21H19ClFN3O4/c22-15-3-1-2-13(18(15)23)11-24-19(28)21(30)8-9-26(20(21)29)14-5-6-16-12(10-14)4-7-17(27)25-16/h1-3,5-6,10,30H,4,7-9,11H2,(H,24,28)(H,25,27). The Hall–Kier alpha value is -2.97. The van der Waals surface area contributed by atoms with Crippen molar-refractivity contribution in [1.82, 2.24) is 5.32 Å². The van der Waals surface area contributed by atoms with Gasteiger partial charge in [0.05, 0.1) is 5.02 Å². The third kappa shape index (κ3) is 3.53. The first-order chi connectivity index (χ1) is 14.3. The molecule has 2 aliphatic rings. The summed E-state index contributed by atoms with van der Waals surface area (Å²) in [6.45, 7) is -0.0568. The lowest BCUT2D eigenvalue weighted by Crippen LogP contribution is -2.52. The lowest BCUT2D eigenvalue weighted by molar-refractivity contribution is -0.149. The van der Waals surface area contributed by atoms with Crippen LogP contribution in [0.1, 0.15) is 24.0 Å². The van der Waals surface area contributed by atoms with Crippen LogP contribution < -0.4 is 15.5 Å². The van der Waals surface area contributed by atoms with E-state index in [1.54, 1.807) is 24.3 Å². The van der Waals surface area contributed by atoms with E-state index in [4.69, 9.17) is 11.6 Å². The molecular formula is C21H19ClFN3O4. The van der Waals surface area contributed by atoms with E-state index in [9.17, 15) is 23.9 Å². The minimum atomic E-state index is -2.24. The van der Waals surface area contributed by atoms with Crippen molar-refractivity contribution in [2.24, 2.45) is 0 Å². The molecule has 2 aromatic carbocycles. The second-order valence-corrected chi connectivity index (χ2v) is 7.76. The van der Waals surface area contributed by atoms with Gasteiger partial charge in [-0.15, -0.1) is 0 Å². The Bertz CT molecular complexity index is 1060. The van der Waals surface area contributed by atoms with Gasteiger partial charge in [0.15, 0.2) is 0 Å². The van der Waals surface area contributed by atoms with Crippen molar-refractivity contribution in [1.29, 1.82) is 0 Å². The zero-order valence-electron chi connectivity index (χ0n) is 15.9. The first kappa shape index (κ1) is 20.3. The number of halogens is 2. The van der Waals surface area contributed by atoms with Crippen LogP contribution >= 0.6 is 11.6 Å². The Labute approximate surface area is 176 Å². The summed E-state index contributed by atoms with van der Waals surface area (Å²) in [7, 11) is 0. The van der Waals surface area contributed by atoms with Gasteiger partial charge in [-0.25, -0.2) is 4.39 Å². The Morgan fingerprint density at radius 3 is 2.87 bits per heavy atom. The van der Waals surface area contributed by atoms with Crippen molar-refractivity contribution >= 4 is 40.7 Å². The number of hydrogen-bond donors (Lipinski definition) is 3. The van der Waals surface area contributed by atoms with Gasteiger partial charge in [0.25, 0.3) is 11.8 Å². The molecule has 0 aliphatic carbocycles. The van der Waals surface area contributed by atoms with E-state index in [2.05, 4.69) is 10.6 Å². The lowest BCUT2D eigenvalue weighted by atomic mass is 10.0. The normalized spacial score (nSPS) is 20.7. The number of rotatable bonds is 4. The smallest absolute Gasteiger partial charge is 0.268 e. The zero-order chi connectivity index (χ0) is 21.5. The molecule has 0 spiro atoms. The van der Waals surface area contributed by atoms with E-state index in [0.717, 1.165) is 5.56 Å². The number of carbonyl (C=O) groups excluding carboxylic acids is 3. The summed E-state index contributed by atoms with van der Waals surface area (Å²) in [5.74, 6) is -2.35. The Morgan fingerprint density at radius 1 is 1.27 bits per heavy atom. The summed E-state index contributed by atoms with van der Waals surface area (Å²) in [6.07, 6.45) is 0.813. The number of aliphatic hydroxyl groups is 1. The summed E-state index contributed by atoms with van der Waals surface area (Å²) in [5.41, 5.74) is 0.0338. The summed E-state index contributed by atoms with van der Waals surface area (Å²) in [6, 6.07) is 9.53. The van der Waals surface area contributed by atoms with Crippen LogP contribution in [-0.2, 0) is 27.3 Å². The van der Waals surface area contributed by atoms with E-state index in [1.165, 1.54) is 17.0 Å². The van der Waals surface area contributed by atoms with Crippen LogP contribution in [-0.4, -0.2) is 35.0 Å². The quantitative estimate of drug-likeness (QED) is 0.646. The van der Waals surface area contributed by atoms with Gasteiger partial charge in [-0.1, -0.05) is 23.7 Å². The minimum Gasteiger partial charge on any atom is -0.372 e. The molecule has 9 heteroatoms. The molecule has 156 valence electrons. The van der Waals surface area contributed by atoms with Crippen molar-refractivity contribution in [3.8, 4) is 0 Å². The van der Waals surface area contributed by atoms with Crippen molar-refractivity contribution in [2.75, 3.05) is 16.8 Å². The number of carbonyl (C=O) groups is 3. The summed E-state index contributed by atoms with van der Waals surface area (Å²) in [5, 5.41) is 15.9. The van der Waals surface area contributed by atoms with Gasteiger partial charge < -0.3 is 20.6 Å². The molecule has 2 heterocycles. The zero-order valence-corrected chi connectivity index (χ0v) is 16.6. The van der Waals surface area contributed by atoms with Crippen LogP contribution in [0.4, 0.5) is 15.8 Å². The minimum absolute atomic E-state index is 0.0605. The van der Waals surface area contributed by atoms with Gasteiger partial charge in [0.2, 0.25) is 11.5 Å². The average Bonchev–Trinajstić information content (AvgIpc) is 3.04. The predicted molar refractivity (Wildman–Crippen MR) is 109 cm³/mol. The molecule has 2 aromatic rings. The van der Waals surface area contributed by atoms with Gasteiger partial charge in [-0.2, -0.15) is 0 Å². The maximum Gasteiger partial charge on any atom is 0.268 e. The lowest BCUT2D eigenvalue weighted by Gasteiger charge is -2.24. The number of benzene rings is 2. The van der Waals surface area contributed by atoms with Crippen LogP contribution in [0.25, 0.3) is 0 Å². The van der Waals surface area contributed by atoms with Crippen molar-refractivity contribution < 1.29 is 23.9 Å². The van der Waals surface area contributed by atoms with Crippen molar-refractivity contribution in [3.05, 3.63) is 58.4 Å². The molecule has 1 saturated heterocycles. The van der Waals surface area contributed by atoms with E-state index in [1.807, 2.05) is 0 Å². The molecule has 2 aliphatic heterocycles. The first-order valence-electron chi connectivity index (χ1n) is 9.48. The molecule has 1 unspecified atom stereocenters. The monoisotopic (exact) mass is 431 g/mol. The third-order valence-corrected chi connectivity index (χ3v) is 5.73. The molecule has 0 saturated carbocycles. The number of hydrogen-bond acceptors (Lipinski definition) is 4. The Balaban J connectivity index is 1.48. The fraction of sp³-hybridized carbons (Fsp3) is 0.286. The maximum absolute atomic E-state index is 14.0. The Kier molecular flexibility index (Phi) is 5.21. The molecule has 30 heavy (non-hydrogen) atoms. The van der Waals surface area contributed by atoms with Gasteiger partial charge in [0.1, 0.15) is 5.82 Å². The summed E-state index contributed by atoms with van der Waals surface area (Å²) in [4.78, 5) is 38.3. The van der Waals surface area contributed by atoms with Crippen LogP contribution in [0.2, 0.25) is 5.02 Å². The maximum atomic E-state index is 14.0. The van der Waals surface area contributed by atoms with E-state index in [0.29, 0.717) is 24.2 Å². The highest BCUT2D eigenvalue weighted by atomic mass is 35.5. The fourth-order valence-electron chi connectivity index (χ4n) is 3.71. The van der Waals surface area contributed by atoms with Crippen LogP contribution in [0.3, 0.4) is 0 Å². The molecule has 4 rings (SSSR count). The molecular weight excluding hydrogens is 413 g/mol. The highest BCUT2D eigenvalue weighted by Gasteiger charge is 2.51. The molecule has 1 fully saturated rings. The summed E-state index contributed by atoms with van der Waals surface area (Å²) >= 11 is 5.73. The fourth-order valence-corrected chi connectivity index (χ4v) is 3.90. The van der Waals surface area contributed by atoms with Crippen molar-refractivity contribution in [2.45, 2.75) is 31.4 Å². The number of nitrogens with zero attached hydrogens (tertiary/aromatic N) is 1. The Morgan fingerprint density at radius 2 is 2.07 bits per heavy atom. The van der Waals surface area contributed by atoms with Crippen LogP contribution in [0.5, 0.6) is 0 Å². The average molecular weight is 432 g/mol. The molecule has 0 bridgehead atoms. The topological polar surface area (TPSA) is 98.7 Å². The number of fused-ring (bicyclic) bond motifs is 1. The van der Waals surface area contributed by atoms with Gasteiger partial charge in [0, 0.05) is 42.9 Å². The number of anilines is 2. The SMILES string of the molecule is O=C1CCc2cc(N3CCC(O)(C(=O)NCc4cccc(Cl)c4F)C3=O)ccc2N1. The highest BCUT2D eigenvalue weighted by molar-refractivity contribution is 6.30. The number of nitrogens with one attached hydrogen (secondary N) is 2. The second kappa shape index (κ2) is 7.70. The molecule has 3 N–H and O–H groups in total. The largest absolute Gasteiger partial charge is 0.372 e. The number of aryl methyl sites for hydroxylation is 1. The van der Waals surface area contributed by atoms with Gasteiger partial charge in [-0.05, 0) is 36.2 Å². The second-order valence-electron chi connectivity index (χ2n) is 7.35. The van der Waals surface area contributed by atoms with Crippen LogP contribution in [0, 0.1) is 5.82 Å².